The van der Waals surface area contributed by atoms with Crippen molar-refractivity contribution in [2.24, 2.45) is 0 Å². The van der Waals surface area contributed by atoms with E-state index in [2.05, 4.69) is 69.8 Å². The molecule has 2 atom stereocenters. The van der Waals surface area contributed by atoms with Crippen molar-refractivity contribution in [2.45, 2.75) is 32.9 Å². The van der Waals surface area contributed by atoms with E-state index >= 15 is 0 Å². The fraction of sp³-hybridized carbons (Fsp3) is 0.167. The predicted octanol–water partition coefficient (Wildman–Crippen LogP) is 7.22. The lowest BCUT2D eigenvalue weighted by Crippen LogP contribution is -2.29. The monoisotopic (exact) mass is 537 g/mol. The number of rotatable bonds is 6. The molecule has 0 aliphatic carbocycles. The van der Waals surface area contributed by atoms with Crippen LogP contribution in [-0.4, -0.2) is 19.6 Å². The number of benzene rings is 2. The predicted molar refractivity (Wildman–Crippen MR) is 157 cm³/mol. The van der Waals surface area contributed by atoms with Gasteiger partial charge in [-0.05, 0) is 93.1 Å². The van der Waals surface area contributed by atoms with E-state index in [-0.39, 0.29) is 12.1 Å². The fourth-order valence-electron chi connectivity index (χ4n) is 5.07. The van der Waals surface area contributed by atoms with Crippen molar-refractivity contribution in [3.05, 3.63) is 119 Å². The molecule has 1 aliphatic rings. The Bertz CT molecular complexity index is 1560. The van der Waals surface area contributed by atoms with Crippen LogP contribution in [0, 0.1) is 20.8 Å². The highest BCUT2D eigenvalue weighted by atomic mass is 32.1. The zero-order valence-corrected chi connectivity index (χ0v) is 23.0. The highest BCUT2D eigenvalue weighted by Gasteiger charge is 2.42. The van der Waals surface area contributed by atoms with Gasteiger partial charge in [-0.3, -0.25) is 9.55 Å². The van der Waals surface area contributed by atoms with Gasteiger partial charge in [0.05, 0.1) is 17.8 Å². The maximum atomic E-state index is 6.07. The van der Waals surface area contributed by atoms with Crippen LogP contribution in [0.15, 0.2) is 90.6 Å². The van der Waals surface area contributed by atoms with Gasteiger partial charge < -0.3 is 15.0 Å². The van der Waals surface area contributed by atoms with Crippen molar-refractivity contribution < 1.29 is 4.74 Å². The maximum absolute atomic E-state index is 6.07. The van der Waals surface area contributed by atoms with Crippen molar-refractivity contribution in [3.63, 3.8) is 0 Å². The summed E-state index contributed by atoms with van der Waals surface area (Å²) in [7, 11) is 0. The number of hydrogen-bond donors (Lipinski definition) is 1. The lowest BCUT2D eigenvalue weighted by Gasteiger charge is -2.28. The highest BCUT2D eigenvalue weighted by molar-refractivity contribution is 7.80. The van der Waals surface area contributed by atoms with Gasteiger partial charge in [0.1, 0.15) is 11.5 Å². The van der Waals surface area contributed by atoms with E-state index in [1.54, 1.807) is 11.3 Å². The summed E-state index contributed by atoms with van der Waals surface area (Å²) in [6, 6.07) is 24.2. The molecule has 5 aromatic rings. The summed E-state index contributed by atoms with van der Waals surface area (Å²) in [5.74, 6) is 1.58. The average molecular weight is 538 g/mol. The molecule has 0 saturated carbocycles. The van der Waals surface area contributed by atoms with Gasteiger partial charge >= 0.3 is 0 Å². The number of hydrogen-bond acceptors (Lipinski definition) is 5. The summed E-state index contributed by atoms with van der Waals surface area (Å²) in [4.78, 5) is 11.4. The van der Waals surface area contributed by atoms with Gasteiger partial charge in [-0.25, -0.2) is 4.98 Å². The second kappa shape index (κ2) is 10.0. The van der Waals surface area contributed by atoms with Crippen LogP contribution in [0.25, 0.3) is 5.13 Å². The summed E-state index contributed by atoms with van der Waals surface area (Å²) in [6.45, 7) is 6.34. The van der Waals surface area contributed by atoms with Crippen molar-refractivity contribution >= 4 is 34.4 Å². The quantitative estimate of drug-likeness (QED) is 0.231. The van der Waals surface area contributed by atoms with Crippen LogP contribution in [0.4, 0.5) is 5.69 Å². The number of ether oxygens (including phenoxy) is 1. The third-order valence-electron chi connectivity index (χ3n) is 6.87. The Kier molecular flexibility index (Phi) is 6.43. The Morgan fingerprint density at radius 2 is 1.63 bits per heavy atom. The van der Waals surface area contributed by atoms with Crippen LogP contribution in [0.5, 0.6) is 11.5 Å². The Morgan fingerprint density at radius 1 is 0.895 bits per heavy atom. The normalized spacial score (nSPS) is 17.0. The van der Waals surface area contributed by atoms with E-state index in [9.17, 15) is 0 Å². The summed E-state index contributed by atoms with van der Waals surface area (Å²) in [5, 5.41) is 7.18. The van der Waals surface area contributed by atoms with Crippen molar-refractivity contribution in [2.75, 3.05) is 4.90 Å². The molecular weight excluding hydrogens is 510 g/mol. The first-order valence-corrected chi connectivity index (χ1v) is 13.7. The lowest BCUT2D eigenvalue weighted by atomic mass is 9.96. The number of aromatic nitrogens is 3. The molecule has 190 valence electrons. The number of aryl methyl sites for hydroxylation is 2. The number of nitrogens with one attached hydrogen (secondary N) is 1. The molecule has 2 aromatic carbocycles. The van der Waals surface area contributed by atoms with Gasteiger partial charge in [0, 0.05) is 34.8 Å². The van der Waals surface area contributed by atoms with Crippen LogP contribution in [0.3, 0.4) is 0 Å². The Hall–Kier alpha value is -4.01. The Labute approximate surface area is 231 Å². The van der Waals surface area contributed by atoms with Gasteiger partial charge in [0.15, 0.2) is 10.2 Å². The third kappa shape index (κ3) is 4.46. The first-order chi connectivity index (χ1) is 18.5. The van der Waals surface area contributed by atoms with Gasteiger partial charge in [-0.1, -0.05) is 23.8 Å². The van der Waals surface area contributed by atoms with Crippen molar-refractivity contribution in [1.29, 1.82) is 0 Å². The molecule has 0 radical (unpaired) electrons. The van der Waals surface area contributed by atoms with Crippen LogP contribution >= 0.6 is 23.6 Å². The van der Waals surface area contributed by atoms with E-state index in [0.29, 0.717) is 5.11 Å². The molecule has 4 heterocycles. The largest absolute Gasteiger partial charge is 0.457 e. The molecule has 0 bridgehead atoms. The summed E-state index contributed by atoms with van der Waals surface area (Å²) >= 11 is 7.56. The van der Waals surface area contributed by atoms with Crippen LogP contribution in [-0.2, 0) is 0 Å². The van der Waals surface area contributed by atoms with Crippen LogP contribution in [0.1, 0.15) is 40.3 Å². The molecule has 1 N–H and O–H groups in total. The molecule has 0 spiro atoms. The summed E-state index contributed by atoms with van der Waals surface area (Å²) in [6.07, 6.45) is 3.67. The zero-order chi connectivity index (χ0) is 26.2. The highest BCUT2D eigenvalue weighted by Crippen LogP contribution is 2.44. The van der Waals surface area contributed by atoms with Crippen molar-refractivity contribution in [3.8, 4) is 16.6 Å². The number of pyridine rings is 1. The molecular formula is C30H27N5OS2. The third-order valence-corrected chi connectivity index (χ3v) is 7.94. The van der Waals surface area contributed by atoms with E-state index in [4.69, 9.17) is 17.0 Å². The SMILES string of the molecule is Cc1ccc(Oc2ccc(N3C(=S)N[C@H](c4ccccn4)[C@H]3c3cc(C)n(-c4nccs4)c3C)cc2)cc1. The molecule has 1 saturated heterocycles. The Balaban J connectivity index is 1.39. The molecule has 38 heavy (non-hydrogen) atoms. The summed E-state index contributed by atoms with van der Waals surface area (Å²) < 4.78 is 8.29. The molecule has 3 aromatic heterocycles. The molecule has 6 nitrogen and oxygen atoms in total. The van der Waals surface area contributed by atoms with Gasteiger partial charge in [0.2, 0.25) is 0 Å². The van der Waals surface area contributed by atoms with E-state index in [1.807, 2.05) is 66.3 Å². The van der Waals surface area contributed by atoms with Crippen molar-refractivity contribution in [1.82, 2.24) is 19.9 Å². The van der Waals surface area contributed by atoms with E-state index in [0.717, 1.165) is 39.4 Å². The fourth-order valence-corrected chi connectivity index (χ4v) is 6.17. The van der Waals surface area contributed by atoms with Crippen LogP contribution in [0.2, 0.25) is 0 Å². The number of thiazole rings is 1. The van der Waals surface area contributed by atoms with Gasteiger partial charge in [0.25, 0.3) is 0 Å². The minimum Gasteiger partial charge on any atom is -0.457 e. The summed E-state index contributed by atoms with van der Waals surface area (Å²) in [5.41, 5.74) is 6.58. The topological polar surface area (TPSA) is 55.2 Å². The zero-order valence-electron chi connectivity index (χ0n) is 21.3. The number of nitrogens with zero attached hydrogens (tertiary/aromatic N) is 4. The minimum absolute atomic E-state index is 0.0961. The molecule has 0 amide bonds. The van der Waals surface area contributed by atoms with Gasteiger partial charge in [-0.15, -0.1) is 11.3 Å². The standard InChI is InChI=1S/C30H27N5OS2/c1-19-7-11-23(12-8-19)36-24-13-9-22(10-14-24)35-28(27(33-29(35)37)26-6-4-5-15-31-26)25-18-20(2)34(21(25)3)30-32-16-17-38-30/h4-18,27-28H,1-3H3,(H,33,37)/t27-,28-/m1/s1. The molecule has 0 unspecified atom stereocenters. The molecule has 1 aliphatic heterocycles. The van der Waals surface area contributed by atoms with Crippen LogP contribution < -0.4 is 15.0 Å². The maximum Gasteiger partial charge on any atom is 0.193 e. The second-order valence-corrected chi connectivity index (χ2v) is 10.6. The lowest BCUT2D eigenvalue weighted by molar-refractivity contribution is 0.482. The number of anilines is 1. The van der Waals surface area contributed by atoms with Gasteiger partial charge in [-0.2, -0.15) is 0 Å². The smallest absolute Gasteiger partial charge is 0.193 e. The molecule has 1 fully saturated rings. The molecule has 6 rings (SSSR count). The van der Waals surface area contributed by atoms with E-state index in [1.165, 1.54) is 11.1 Å². The second-order valence-electron chi connectivity index (χ2n) is 9.38. The van der Waals surface area contributed by atoms with E-state index < -0.39 is 0 Å². The average Bonchev–Trinajstić information content (AvgIpc) is 3.64. The first kappa shape index (κ1) is 24.3. The number of thiocarbonyl (C=S) groups is 1. The minimum atomic E-state index is -0.113. The molecule has 8 heteroatoms. The first-order valence-electron chi connectivity index (χ1n) is 12.4. The Morgan fingerprint density at radius 3 is 2.29 bits per heavy atom.